The molecule has 1 saturated carbocycles. The summed E-state index contributed by atoms with van der Waals surface area (Å²) < 4.78 is 5.45. The Labute approximate surface area is 132 Å². The molecule has 0 bridgehead atoms. The summed E-state index contributed by atoms with van der Waals surface area (Å²) in [5, 5.41) is 2.94. The first-order valence-corrected chi connectivity index (χ1v) is 8.21. The van der Waals surface area contributed by atoms with Crippen LogP contribution in [0, 0.1) is 5.92 Å². The van der Waals surface area contributed by atoms with Crippen molar-refractivity contribution < 1.29 is 14.3 Å². The van der Waals surface area contributed by atoms with E-state index in [0.717, 1.165) is 6.54 Å². The first-order chi connectivity index (χ1) is 10.7. The highest BCUT2D eigenvalue weighted by atomic mass is 16.5. The van der Waals surface area contributed by atoms with Crippen LogP contribution in [0.1, 0.15) is 55.8 Å². The normalized spacial score (nSPS) is 15.3. The molecule has 0 unspecified atom stereocenters. The Bertz CT molecular complexity index is 490. The Morgan fingerprint density at radius 2 is 1.82 bits per heavy atom. The van der Waals surface area contributed by atoms with Gasteiger partial charge in [0.1, 0.15) is 5.75 Å². The van der Waals surface area contributed by atoms with Crippen LogP contribution in [0.3, 0.4) is 0 Å². The Morgan fingerprint density at radius 3 is 2.45 bits per heavy atom. The average molecular weight is 303 g/mol. The van der Waals surface area contributed by atoms with Crippen LogP contribution in [0.4, 0.5) is 0 Å². The van der Waals surface area contributed by atoms with Gasteiger partial charge in [0.05, 0.1) is 0 Å². The molecule has 2 rings (SSSR count). The van der Waals surface area contributed by atoms with Crippen LogP contribution in [0.25, 0.3) is 0 Å². The fraction of sp³-hybridized carbons (Fsp3) is 0.556. The summed E-state index contributed by atoms with van der Waals surface area (Å²) in [5.41, 5.74) is 0.677. The van der Waals surface area contributed by atoms with E-state index in [1.807, 2.05) is 6.92 Å². The van der Waals surface area contributed by atoms with Crippen LogP contribution in [0.15, 0.2) is 24.3 Å². The van der Waals surface area contributed by atoms with Crippen LogP contribution >= 0.6 is 0 Å². The third kappa shape index (κ3) is 5.17. The minimum atomic E-state index is -0.0840. The lowest BCUT2D eigenvalue weighted by molar-refractivity contribution is -0.123. The van der Waals surface area contributed by atoms with E-state index in [4.69, 9.17) is 4.74 Å². The van der Waals surface area contributed by atoms with Gasteiger partial charge in [-0.05, 0) is 43.0 Å². The van der Waals surface area contributed by atoms with Crippen LogP contribution in [-0.2, 0) is 4.79 Å². The van der Waals surface area contributed by atoms with Crippen molar-refractivity contribution in [2.45, 2.75) is 45.4 Å². The maximum atomic E-state index is 11.8. The molecule has 1 aromatic carbocycles. The van der Waals surface area contributed by atoms with Crippen molar-refractivity contribution >= 4 is 11.7 Å². The summed E-state index contributed by atoms with van der Waals surface area (Å²) in [6.07, 6.45) is 6.80. The average Bonchev–Trinajstić information content (AvgIpc) is 2.58. The molecule has 0 radical (unpaired) electrons. The fourth-order valence-corrected chi connectivity index (χ4v) is 2.79. The van der Waals surface area contributed by atoms with Gasteiger partial charge in [0.2, 0.25) is 0 Å². The molecule has 1 N–H and O–H groups in total. The van der Waals surface area contributed by atoms with Crippen molar-refractivity contribution in [3.8, 4) is 5.75 Å². The molecule has 0 atom stereocenters. The van der Waals surface area contributed by atoms with E-state index in [0.29, 0.717) is 23.7 Å². The number of ketones is 1. The van der Waals surface area contributed by atoms with E-state index >= 15 is 0 Å². The number of hydrogen-bond donors (Lipinski definition) is 1. The lowest BCUT2D eigenvalue weighted by Crippen LogP contribution is -2.33. The van der Waals surface area contributed by atoms with Gasteiger partial charge in [-0.2, -0.15) is 0 Å². The minimum absolute atomic E-state index is 0.0216. The number of hydrogen-bond acceptors (Lipinski definition) is 3. The molecule has 0 aliphatic heterocycles. The van der Waals surface area contributed by atoms with Crippen molar-refractivity contribution in [3.63, 3.8) is 0 Å². The van der Waals surface area contributed by atoms with Crippen molar-refractivity contribution in [2.75, 3.05) is 13.2 Å². The summed E-state index contributed by atoms with van der Waals surface area (Å²) in [6.45, 7) is 2.61. The molecule has 4 heteroatoms. The molecule has 0 saturated heterocycles. The summed E-state index contributed by atoms with van der Waals surface area (Å²) in [5.74, 6) is 1.26. The molecule has 1 aliphatic carbocycles. The highest BCUT2D eigenvalue weighted by Crippen LogP contribution is 2.22. The van der Waals surface area contributed by atoms with Gasteiger partial charge in [0.15, 0.2) is 12.4 Å². The van der Waals surface area contributed by atoms with Gasteiger partial charge in [-0.15, -0.1) is 0 Å². The molecule has 1 aliphatic rings. The highest BCUT2D eigenvalue weighted by molar-refractivity contribution is 5.95. The zero-order valence-corrected chi connectivity index (χ0v) is 13.3. The monoisotopic (exact) mass is 303 g/mol. The standard InChI is InChI=1S/C18H25NO3/c1-2-17(20)15-8-10-16(11-9-15)22-13-18(21)19-12-14-6-4-3-5-7-14/h8-11,14H,2-7,12-13H2,1H3,(H,19,21). The lowest BCUT2D eigenvalue weighted by atomic mass is 9.89. The fourth-order valence-electron chi connectivity index (χ4n) is 2.79. The Hall–Kier alpha value is -1.84. The Kier molecular flexibility index (Phi) is 6.44. The van der Waals surface area contributed by atoms with Gasteiger partial charge in [-0.1, -0.05) is 26.2 Å². The van der Waals surface area contributed by atoms with E-state index in [1.54, 1.807) is 24.3 Å². The molecule has 1 fully saturated rings. The van der Waals surface area contributed by atoms with Crippen molar-refractivity contribution in [3.05, 3.63) is 29.8 Å². The van der Waals surface area contributed by atoms with E-state index in [-0.39, 0.29) is 18.3 Å². The topological polar surface area (TPSA) is 55.4 Å². The van der Waals surface area contributed by atoms with Gasteiger partial charge in [-0.25, -0.2) is 0 Å². The van der Waals surface area contributed by atoms with E-state index in [2.05, 4.69) is 5.32 Å². The van der Waals surface area contributed by atoms with Gasteiger partial charge in [0, 0.05) is 18.5 Å². The second kappa shape index (κ2) is 8.57. The molecule has 4 nitrogen and oxygen atoms in total. The molecule has 0 spiro atoms. The summed E-state index contributed by atoms with van der Waals surface area (Å²) in [7, 11) is 0. The molecule has 0 heterocycles. The number of Topliss-reactive ketones (excluding diaryl/α,β-unsaturated/α-hetero) is 1. The smallest absolute Gasteiger partial charge is 0.257 e. The zero-order valence-electron chi connectivity index (χ0n) is 13.3. The summed E-state index contributed by atoms with van der Waals surface area (Å²) in [6, 6.07) is 6.94. The van der Waals surface area contributed by atoms with Crippen LogP contribution in [0.5, 0.6) is 5.75 Å². The van der Waals surface area contributed by atoms with Gasteiger partial charge in [-0.3, -0.25) is 9.59 Å². The SMILES string of the molecule is CCC(=O)c1ccc(OCC(=O)NCC2CCCCC2)cc1. The van der Waals surface area contributed by atoms with E-state index in [1.165, 1.54) is 32.1 Å². The number of nitrogens with one attached hydrogen (secondary N) is 1. The second-order valence-corrected chi connectivity index (χ2v) is 5.90. The largest absolute Gasteiger partial charge is 0.484 e. The molecule has 0 aromatic heterocycles. The first-order valence-electron chi connectivity index (χ1n) is 8.21. The molecule has 22 heavy (non-hydrogen) atoms. The molecular weight excluding hydrogens is 278 g/mol. The number of ether oxygens (including phenoxy) is 1. The van der Waals surface area contributed by atoms with Crippen LogP contribution < -0.4 is 10.1 Å². The second-order valence-electron chi connectivity index (χ2n) is 5.90. The Balaban J connectivity index is 1.70. The van der Waals surface area contributed by atoms with Crippen LogP contribution in [0.2, 0.25) is 0 Å². The third-order valence-corrected chi connectivity index (χ3v) is 4.18. The first kappa shape index (κ1) is 16.5. The number of carbonyl (C=O) groups is 2. The van der Waals surface area contributed by atoms with Crippen molar-refractivity contribution in [1.29, 1.82) is 0 Å². The number of carbonyl (C=O) groups excluding carboxylic acids is 2. The van der Waals surface area contributed by atoms with Crippen molar-refractivity contribution in [1.82, 2.24) is 5.32 Å². The van der Waals surface area contributed by atoms with Gasteiger partial charge in [0.25, 0.3) is 5.91 Å². The third-order valence-electron chi connectivity index (χ3n) is 4.18. The Morgan fingerprint density at radius 1 is 1.14 bits per heavy atom. The highest BCUT2D eigenvalue weighted by Gasteiger charge is 2.14. The van der Waals surface area contributed by atoms with E-state index in [9.17, 15) is 9.59 Å². The minimum Gasteiger partial charge on any atom is -0.484 e. The van der Waals surface area contributed by atoms with Crippen molar-refractivity contribution in [2.24, 2.45) is 5.92 Å². The zero-order chi connectivity index (χ0) is 15.8. The van der Waals surface area contributed by atoms with Gasteiger partial charge >= 0.3 is 0 Å². The summed E-state index contributed by atoms with van der Waals surface area (Å²) >= 11 is 0. The predicted molar refractivity (Wildman–Crippen MR) is 86.1 cm³/mol. The molecule has 1 amide bonds. The maximum Gasteiger partial charge on any atom is 0.257 e. The quantitative estimate of drug-likeness (QED) is 0.786. The summed E-state index contributed by atoms with van der Waals surface area (Å²) in [4.78, 5) is 23.3. The van der Waals surface area contributed by atoms with E-state index < -0.39 is 0 Å². The molecule has 1 aromatic rings. The predicted octanol–water partition coefficient (Wildman–Crippen LogP) is 3.35. The van der Waals surface area contributed by atoms with Crippen LogP contribution in [-0.4, -0.2) is 24.8 Å². The number of amides is 1. The number of benzene rings is 1. The molecule has 120 valence electrons. The molecular formula is C18H25NO3. The lowest BCUT2D eigenvalue weighted by Gasteiger charge is -2.21. The number of rotatable bonds is 7. The maximum absolute atomic E-state index is 11.8. The van der Waals surface area contributed by atoms with Gasteiger partial charge < -0.3 is 10.1 Å².